The summed E-state index contributed by atoms with van der Waals surface area (Å²) >= 11 is 0. The van der Waals surface area contributed by atoms with Crippen molar-refractivity contribution in [3.63, 3.8) is 0 Å². The average molecular weight is 275 g/mol. The Bertz CT molecular complexity index is 327. The Morgan fingerprint density at radius 3 is 2.00 bits per heavy atom. The quantitative estimate of drug-likeness (QED) is 0.535. The second kappa shape index (κ2) is 9.99. The van der Waals surface area contributed by atoms with Gasteiger partial charge in [-0.25, -0.2) is 0 Å². The van der Waals surface area contributed by atoms with E-state index in [0.717, 1.165) is 13.0 Å². The normalized spacial score (nSPS) is 14.2. The molecule has 1 nitrogen and oxygen atoms in total. The molecule has 0 heterocycles. The Balaban J connectivity index is 2.40. The zero-order chi connectivity index (χ0) is 14.7. The minimum absolute atomic E-state index is 0.199. The first-order chi connectivity index (χ1) is 9.79. The topological polar surface area (TPSA) is 26.0 Å². The molecule has 114 valence electrons. The van der Waals surface area contributed by atoms with Crippen molar-refractivity contribution in [3.8, 4) is 0 Å². The monoisotopic (exact) mass is 275 g/mol. The lowest BCUT2D eigenvalue weighted by molar-refractivity contribution is 0.369. The molecule has 0 fully saturated rings. The molecule has 0 saturated heterocycles. The van der Waals surface area contributed by atoms with Gasteiger partial charge in [0.25, 0.3) is 0 Å². The largest absolute Gasteiger partial charge is 0.330 e. The van der Waals surface area contributed by atoms with Gasteiger partial charge >= 0.3 is 0 Å². The van der Waals surface area contributed by atoms with Gasteiger partial charge in [-0.3, -0.25) is 0 Å². The summed E-state index contributed by atoms with van der Waals surface area (Å²) in [6.07, 6.45) is 12.0. The third kappa shape index (κ3) is 5.28. The number of rotatable bonds is 11. The van der Waals surface area contributed by atoms with Crippen LogP contribution in [0.4, 0.5) is 0 Å². The zero-order valence-electron chi connectivity index (χ0n) is 13.5. The van der Waals surface area contributed by atoms with Gasteiger partial charge in [0.05, 0.1) is 0 Å². The van der Waals surface area contributed by atoms with Gasteiger partial charge in [0.2, 0.25) is 0 Å². The molecule has 0 aliphatic carbocycles. The van der Waals surface area contributed by atoms with E-state index in [1.807, 2.05) is 0 Å². The molecule has 1 atom stereocenters. The van der Waals surface area contributed by atoms with E-state index in [1.165, 1.54) is 56.9 Å². The van der Waals surface area contributed by atoms with Crippen molar-refractivity contribution < 1.29 is 0 Å². The van der Waals surface area contributed by atoms with Gasteiger partial charge in [0.1, 0.15) is 0 Å². The van der Waals surface area contributed by atoms with Gasteiger partial charge in [-0.05, 0) is 18.4 Å². The van der Waals surface area contributed by atoms with Gasteiger partial charge in [-0.2, -0.15) is 0 Å². The number of hydrogen-bond donors (Lipinski definition) is 1. The molecule has 0 aliphatic rings. The lowest BCUT2D eigenvalue weighted by Crippen LogP contribution is -2.34. The van der Waals surface area contributed by atoms with E-state index in [9.17, 15) is 0 Å². The second-order valence-electron chi connectivity index (χ2n) is 6.08. The first-order valence-electron chi connectivity index (χ1n) is 8.54. The molecule has 1 heteroatoms. The summed E-state index contributed by atoms with van der Waals surface area (Å²) in [7, 11) is 0. The minimum atomic E-state index is 0.199. The summed E-state index contributed by atoms with van der Waals surface area (Å²) in [5.41, 5.74) is 7.76. The number of nitrogens with two attached hydrogens (primary N) is 1. The highest BCUT2D eigenvalue weighted by molar-refractivity contribution is 5.25. The first-order valence-corrected chi connectivity index (χ1v) is 8.54. The minimum Gasteiger partial charge on any atom is -0.330 e. The van der Waals surface area contributed by atoms with Gasteiger partial charge in [0.15, 0.2) is 0 Å². The Morgan fingerprint density at radius 1 is 0.850 bits per heavy atom. The number of benzene rings is 1. The SMILES string of the molecule is CCCCCCCCCC(CC)(CN)c1ccccc1. The Labute approximate surface area is 126 Å². The van der Waals surface area contributed by atoms with Gasteiger partial charge in [-0.1, -0.05) is 89.1 Å². The predicted octanol–water partition coefficient (Wildman–Crippen LogP) is 5.43. The van der Waals surface area contributed by atoms with Crippen LogP contribution in [0.15, 0.2) is 30.3 Å². The Kier molecular flexibility index (Phi) is 8.60. The molecule has 0 saturated carbocycles. The molecular formula is C19H33N. The van der Waals surface area contributed by atoms with Crippen LogP contribution in [0.2, 0.25) is 0 Å². The third-order valence-electron chi connectivity index (χ3n) is 4.71. The number of unbranched alkanes of at least 4 members (excludes halogenated alkanes) is 6. The molecule has 0 aromatic heterocycles. The van der Waals surface area contributed by atoms with Crippen molar-refractivity contribution in [2.24, 2.45) is 5.73 Å². The highest BCUT2D eigenvalue weighted by Crippen LogP contribution is 2.32. The van der Waals surface area contributed by atoms with E-state index < -0.39 is 0 Å². The second-order valence-corrected chi connectivity index (χ2v) is 6.08. The third-order valence-corrected chi connectivity index (χ3v) is 4.71. The molecule has 1 rings (SSSR count). The van der Waals surface area contributed by atoms with Gasteiger partial charge < -0.3 is 5.73 Å². The molecule has 0 spiro atoms. The molecule has 1 aromatic rings. The van der Waals surface area contributed by atoms with Gasteiger partial charge in [0, 0.05) is 12.0 Å². The molecule has 0 amide bonds. The van der Waals surface area contributed by atoms with Crippen LogP contribution in [0.25, 0.3) is 0 Å². The predicted molar refractivity (Wildman–Crippen MR) is 90.1 cm³/mol. The van der Waals surface area contributed by atoms with E-state index in [-0.39, 0.29) is 5.41 Å². The fourth-order valence-electron chi connectivity index (χ4n) is 3.10. The lowest BCUT2D eigenvalue weighted by Gasteiger charge is -2.32. The molecule has 1 unspecified atom stereocenters. The highest BCUT2D eigenvalue weighted by atomic mass is 14.6. The van der Waals surface area contributed by atoms with E-state index in [2.05, 4.69) is 44.2 Å². The van der Waals surface area contributed by atoms with Crippen LogP contribution in [0.3, 0.4) is 0 Å². The molecule has 1 aromatic carbocycles. The lowest BCUT2D eigenvalue weighted by atomic mass is 9.74. The number of hydrogen-bond acceptors (Lipinski definition) is 1. The summed E-state index contributed by atoms with van der Waals surface area (Å²) in [6.45, 7) is 5.32. The van der Waals surface area contributed by atoms with E-state index >= 15 is 0 Å². The van der Waals surface area contributed by atoms with Crippen LogP contribution in [-0.2, 0) is 5.41 Å². The van der Waals surface area contributed by atoms with Crippen LogP contribution in [0, 0.1) is 0 Å². The average Bonchev–Trinajstić information content (AvgIpc) is 2.52. The Hall–Kier alpha value is -0.820. The van der Waals surface area contributed by atoms with Crippen molar-refractivity contribution >= 4 is 0 Å². The summed E-state index contributed by atoms with van der Waals surface area (Å²) in [5.74, 6) is 0. The molecule has 2 N–H and O–H groups in total. The van der Waals surface area contributed by atoms with Crippen LogP contribution in [0.5, 0.6) is 0 Å². The van der Waals surface area contributed by atoms with Crippen molar-refractivity contribution in [3.05, 3.63) is 35.9 Å². The smallest absolute Gasteiger partial charge is 0.00729 e. The fourth-order valence-corrected chi connectivity index (χ4v) is 3.10. The Morgan fingerprint density at radius 2 is 1.45 bits per heavy atom. The van der Waals surface area contributed by atoms with Crippen molar-refractivity contribution in [2.75, 3.05) is 6.54 Å². The highest BCUT2D eigenvalue weighted by Gasteiger charge is 2.27. The van der Waals surface area contributed by atoms with E-state index in [1.54, 1.807) is 0 Å². The standard InChI is InChI=1S/C19H33N/c1-3-5-6-7-8-9-13-16-19(4-2,17-20)18-14-11-10-12-15-18/h10-12,14-15H,3-9,13,16-17,20H2,1-2H3. The summed E-state index contributed by atoms with van der Waals surface area (Å²) in [5, 5.41) is 0. The van der Waals surface area contributed by atoms with Crippen LogP contribution in [0.1, 0.15) is 77.2 Å². The maximum Gasteiger partial charge on any atom is 0.00729 e. The molecule has 0 bridgehead atoms. The molecule has 0 radical (unpaired) electrons. The molecule has 20 heavy (non-hydrogen) atoms. The maximum atomic E-state index is 6.13. The van der Waals surface area contributed by atoms with Crippen LogP contribution in [-0.4, -0.2) is 6.54 Å². The van der Waals surface area contributed by atoms with Crippen LogP contribution < -0.4 is 5.73 Å². The van der Waals surface area contributed by atoms with Crippen molar-refractivity contribution in [1.82, 2.24) is 0 Å². The molecular weight excluding hydrogens is 242 g/mol. The fraction of sp³-hybridized carbons (Fsp3) is 0.684. The summed E-state index contributed by atoms with van der Waals surface area (Å²) in [6, 6.07) is 10.9. The van der Waals surface area contributed by atoms with Crippen LogP contribution >= 0.6 is 0 Å². The van der Waals surface area contributed by atoms with Gasteiger partial charge in [-0.15, -0.1) is 0 Å². The maximum absolute atomic E-state index is 6.13. The van der Waals surface area contributed by atoms with Crippen molar-refractivity contribution in [2.45, 2.75) is 77.0 Å². The summed E-state index contributed by atoms with van der Waals surface area (Å²) < 4.78 is 0. The first kappa shape index (κ1) is 17.2. The zero-order valence-corrected chi connectivity index (χ0v) is 13.5. The van der Waals surface area contributed by atoms with Crippen molar-refractivity contribution in [1.29, 1.82) is 0 Å². The molecule has 0 aliphatic heterocycles. The van der Waals surface area contributed by atoms with E-state index in [4.69, 9.17) is 5.73 Å². The summed E-state index contributed by atoms with van der Waals surface area (Å²) in [4.78, 5) is 0. The van der Waals surface area contributed by atoms with E-state index in [0.29, 0.717) is 0 Å².